The van der Waals surface area contributed by atoms with Crippen molar-refractivity contribution in [2.75, 3.05) is 45.8 Å². The van der Waals surface area contributed by atoms with Gasteiger partial charge in [0, 0.05) is 51.6 Å². The number of hydrogen-bond acceptors (Lipinski definition) is 3. The minimum absolute atomic E-state index is 0.0645. The zero-order chi connectivity index (χ0) is 20.8. The van der Waals surface area contributed by atoms with Crippen LogP contribution in [0.3, 0.4) is 0 Å². The van der Waals surface area contributed by atoms with E-state index >= 15 is 0 Å². The van der Waals surface area contributed by atoms with E-state index in [-0.39, 0.29) is 17.7 Å². The van der Waals surface area contributed by atoms with Crippen molar-refractivity contribution in [2.24, 2.45) is 0 Å². The van der Waals surface area contributed by atoms with Crippen molar-refractivity contribution in [3.8, 4) is 0 Å². The van der Waals surface area contributed by atoms with Crippen molar-refractivity contribution in [3.63, 3.8) is 0 Å². The van der Waals surface area contributed by atoms with Crippen LogP contribution in [0.25, 0.3) is 0 Å². The van der Waals surface area contributed by atoms with Crippen LogP contribution in [0.4, 0.5) is 0 Å². The molecule has 0 saturated carbocycles. The number of amides is 2. The Bertz CT molecular complexity index is 786. The molecule has 0 aliphatic carbocycles. The van der Waals surface area contributed by atoms with E-state index in [1.54, 1.807) is 0 Å². The zero-order valence-electron chi connectivity index (χ0n) is 17.6. The van der Waals surface area contributed by atoms with Crippen molar-refractivity contribution in [3.05, 3.63) is 71.8 Å². The van der Waals surface area contributed by atoms with Gasteiger partial charge in [0.1, 0.15) is 0 Å². The van der Waals surface area contributed by atoms with E-state index in [1.165, 1.54) is 11.1 Å². The second-order valence-electron chi connectivity index (χ2n) is 8.32. The van der Waals surface area contributed by atoms with Gasteiger partial charge < -0.3 is 9.80 Å². The fourth-order valence-electron chi connectivity index (χ4n) is 4.52. The molecular formula is C25H31N3O2. The number of nitrogens with zero attached hydrogens (tertiary/aromatic N) is 3. The molecule has 0 bridgehead atoms. The molecule has 2 aromatic rings. The Morgan fingerprint density at radius 1 is 0.667 bits per heavy atom. The lowest BCUT2D eigenvalue weighted by molar-refractivity contribution is -0.134. The Morgan fingerprint density at radius 3 is 1.70 bits per heavy atom. The summed E-state index contributed by atoms with van der Waals surface area (Å²) < 4.78 is 0. The van der Waals surface area contributed by atoms with Crippen molar-refractivity contribution >= 4 is 11.8 Å². The van der Waals surface area contributed by atoms with E-state index in [1.807, 2.05) is 46.2 Å². The lowest BCUT2D eigenvalue weighted by Crippen LogP contribution is -2.51. The molecule has 2 aromatic carbocycles. The number of piperazine rings is 1. The quantitative estimate of drug-likeness (QED) is 0.742. The standard InChI is InChI=1S/C25H31N3O2/c29-24(19-23(21-9-3-1-4-10-21)22-11-5-2-6-12-22)28-17-15-26(16-18-28)20-25(30)27-13-7-8-14-27/h1-6,9-12,23H,7-8,13-20H2. The van der Waals surface area contributed by atoms with Gasteiger partial charge in [0.2, 0.25) is 11.8 Å². The lowest BCUT2D eigenvalue weighted by atomic mass is 9.88. The normalized spacial score (nSPS) is 17.5. The van der Waals surface area contributed by atoms with Crippen molar-refractivity contribution in [1.82, 2.24) is 14.7 Å². The molecule has 2 heterocycles. The SMILES string of the molecule is O=C(CC(c1ccccc1)c1ccccc1)N1CCN(CC(=O)N2CCCC2)CC1. The van der Waals surface area contributed by atoms with Crippen LogP contribution in [0.5, 0.6) is 0 Å². The topological polar surface area (TPSA) is 43.9 Å². The largest absolute Gasteiger partial charge is 0.342 e. The van der Waals surface area contributed by atoms with E-state index in [0.717, 1.165) is 39.0 Å². The van der Waals surface area contributed by atoms with E-state index in [0.29, 0.717) is 26.1 Å². The van der Waals surface area contributed by atoms with Crippen LogP contribution >= 0.6 is 0 Å². The van der Waals surface area contributed by atoms with Crippen LogP contribution in [0.15, 0.2) is 60.7 Å². The molecule has 2 amide bonds. The maximum absolute atomic E-state index is 13.1. The summed E-state index contributed by atoms with van der Waals surface area (Å²) in [6, 6.07) is 20.6. The van der Waals surface area contributed by atoms with Gasteiger partial charge in [-0.1, -0.05) is 60.7 Å². The maximum atomic E-state index is 13.1. The average Bonchev–Trinajstić information content (AvgIpc) is 3.34. The summed E-state index contributed by atoms with van der Waals surface area (Å²) >= 11 is 0. The van der Waals surface area contributed by atoms with Gasteiger partial charge in [-0.15, -0.1) is 0 Å². The highest BCUT2D eigenvalue weighted by Crippen LogP contribution is 2.28. The average molecular weight is 406 g/mol. The Labute approximate surface area is 179 Å². The Morgan fingerprint density at radius 2 is 1.17 bits per heavy atom. The molecule has 4 rings (SSSR count). The van der Waals surface area contributed by atoms with E-state index < -0.39 is 0 Å². The number of likely N-dealkylation sites (tertiary alicyclic amines) is 1. The molecule has 0 aromatic heterocycles. The lowest BCUT2D eigenvalue weighted by Gasteiger charge is -2.35. The van der Waals surface area contributed by atoms with Crippen LogP contribution in [-0.4, -0.2) is 72.3 Å². The van der Waals surface area contributed by atoms with Crippen molar-refractivity contribution in [1.29, 1.82) is 0 Å². The molecule has 0 N–H and O–H groups in total. The van der Waals surface area contributed by atoms with Crippen LogP contribution in [0.2, 0.25) is 0 Å². The molecule has 5 nitrogen and oxygen atoms in total. The van der Waals surface area contributed by atoms with Crippen LogP contribution in [0.1, 0.15) is 36.3 Å². The van der Waals surface area contributed by atoms with Gasteiger partial charge in [0.05, 0.1) is 6.54 Å². The Balaban J connectivity index is 1.34. The van der Waals surface area contributed by atoms with Crippen molar-refractivity contribution in [2.45, 2.75) is 25.2 Å². The Hall–Kier alpha value is -2.66. The summed E-state index contributed by atoms with van der Waals surface area (Å²) in [5.41, 5.74) is 2.35. The third-order valence-electron chi connectivity index (χ3n) is 6.33. The van der Waals surface area contributed by atoms with Gasteiger partial charge in [0.25, 0.3) is 0 Å². The molecule has 5 heteroatoms. The molecule has 0 radical (unpaired) electrons. The minimum atomic E-state index is 0.0645. The van der Waals surface area contributed by atoms with Gasteiger partial charge in [-0.3, -0.25) is 14.5 Å². The number of benzene rings is 2. The third-order valence-corrected chi connectivity index (χ3v) is 6.33. The third kappa shape index (κ3) is 5.08. The highest BCUT2D eigenvalue weighted by Gasteiger charge is 2.27. The molecule has 2 aliphatic heterocycles. The first-order valence-corrected chi connectivity index (χ1v) is 11.1. The number of hydrogen-bond donors (Lipinski definition) is 0. The smallest absolute Gasteiger partial charge is 0.236 e. The number of carbonyl (C=O) groups excluding carboxylic acids is 2. The summed E-state index contributed by atoms with van der Waals surface area (Å²) in [6.45, 7) is 5.22. The van der Waals surface area contributed by atoms with E-state index in [2.05, 4.69) is 29.2 Å². The predicted octanol–water partition coefficient (Wildman–Crippen LogP) is 2.98. The zero-order valence-corrected chi connectivity index (χ0v) is 17.6. The molecule has 0 atom stereocenters. The molecule has 158 valence electrons. The van der Waals surface area contributed by atoms with Gasteiger partial charge >= 0.3 is 0 Å². The second kappa shape index (κ2) is 9.90. The number of carbonyl (C=O) groups is 2. The fourth-order valence-corrected chi connectivity index (χ4v) is 4.52. The monoisotopic (exact) mass is 405 g/mol. The summed E-state index contributed by atoms with van der Waals surface area (Å²) in [5, 5.41) is 0. The number of rotatable bonds is 6. The first-order valence-electron chi connectivity index (χ1n) is 11.1. The van der Waals surface area contributed by atoms with Crippen LogP contribution in [-0.2, 0) is 9.59 Å². The molecule has 2 saturated heterocycles. The van der Waals surface area contributed by atoms with Gasteiger partial charge in [-0.05, 0) is 24.0 Å². The molecule has 30 heavy (non-hydrogen) atoms. The molecule has 0 spiro atoms. The Kier molecular flexibility index (Phi) is 6.80. The molecule has 0 unspecified atom stereocenters. The maximum Gasteiger partial charge on any atom is 0.236 e. The van der Waals surface area contributed by atoms with Crippen LogP contribution in [0, 0.1) is 0 Å². The van der Waals surface area contributed by atoms with Gasteiger partial charge in [0.15, 0.2) is 0 Å². The minimum Gasteiger partial charge on any atom is -0.342 e. The highest BCUT2D eigenvalue weighted by molar-refractivity contribution is 5.79. The summed E-state index contributed by atoms with van der Waals surface area (Å²) in [7, 11) is 0. The molecule has 2 fully saturated rings. The second-order valence-corrected chi connectivity index (χ2v) is 8.32. The summed E-state index contributed by atoms with van der Waals surface area (Å²) in [4.78, 5) is 31.7. The van der Waals surface area contributed by atoms with Gasteiger partial charge in [-0.25, -0.2) is 0 Å². The first-order chi connectivity index (χ1) is 14.7. The summed E-state index contributed by atoms with van der Waals surface area (Å²) in [5.74, 6) is 0.494. The summed E-state index contributed by atoms with van der Waals surface area (Å²) in [6.07, 6.45) is 2.72. The van der Waals surface area contributed by atoms with Crippen molar-refractivity contribution < 1.29 is 9.59 Å². The molecule has 2 aliphatic rings. The predicted molar refractivity (Wildman–Crippen MR) is 118 cm³/mol. The molecular weight excluding hydrogens is 374 g/mol. The first kappa shape index (κ1) is 20.6. The fraction of sp³-hybridized carbons (Fsp3) is 0.440. The highest BCUT2D eigenvalue weighted by atomic mass is 16.2. The van der Waals surface area contributed by atoms with E-state index in [4.69, 9.17) is 0 Å². The van der Waals surface area contributed by atoms with Gasteiger partial charge in [-0.2, -0.15) is 0 Å². The van der Waals surface area contributed by atoms with E-state index in [9.17, 15) is 9.59 Å². The van der Waals surface area contributed by atoms with Crippen LogP contribution < -0.4 is 0 Å².